The molecule has 0 aliphatic heterocycles. The standard InChI is InChI=1S/C14H21N3O3.ClH/c1-3-4-5-11(9-15)16-14(18)13-8-12(17(19)20)7-6-10(13)2;/h6-8,11H,3-5,9,15H2,1-2H3,(H,16,18);1H. The van der Waals surface area contributed by atoms with Crippen molar-refractivity contribution in [1.82, 2.24) is 5.32 Å². The quantitative estimate of drug-likeness (QED) is 0.596. The first kappa shape index (κ1) is 19.3. The number of benzene rings is 1. The summed E-state index contributed by atoms with van der Waals surface area (Å²) in [5.74, 6) is -0.308. The maximum Gasteiger partial charge on any atom is 0.270 e. The molecule has 0 saturated carbocycles. The van der Waals surface area contributed by atoms with Crippen molar-refractivity contribution >= 4 is 24.0 Å². The lowest BCUT2D eigenvalue weighted by Crippen LogP contribution is -2.40. The number of carbonyl (C=O) groups is 1. The van der Waals surface area contributed by atoms with E-state index in [1.165, 1.54) is 12.1 Å². The maximum absolute atomic E-state index is 12.2. The highest BCUT2D eigenvalue weighted by Crippen LogP contribution is 2.17. The van der Waals surface area contributed by atoms with Gasteiger partial charge in [0.1, 0.15) is 0 Å². The van der Waals surface area contributed by atoms with Gasteiger partial charge in [-0.3, -0.25) is 14.9 Å². The van der Waals surface area contributed by atoms with Crippen molar-refractivity contribution in [2.75, 3.05) is 6.54 Å². The normalized spacial score (nSPS) is 11.4. The Morgan fingerprint density at radius 1 is 1.48 bits per heavy atom. The molecule has 0 aliphatic rings. The van der Waals surface area contributed by atoms with Gasteiger partial charge in [0, 0.05) is 30.3 Å². The molecule has 1 amide bonds. The molecule has 0 aromatic heterocycles. The molecule has 0 bridgehead atoms. The van der Waals surface area contributed by atoms with E-state index in [1.807, 2.05) is 0 Å². The van der Waals surface area contributed by atoms with E-state index < -0.39 is 4.92 Å². The van der Waals surface area contributed by atoms with Gasteiger partial charge < -0.3 is 11.1 Å². The van der Waals surface area contributed by atoms with Crippen LogP contribution < -0.4 is 11.1 Å². The minimum Gasteiger partial charge on any atom is -0.348 e. The third kappa shape index (κ3) is 5.69. The van der Waals surface area contributed by atoms with Crippen LogP contribution in [0.5, 0.6) is 0 Å². The van der Waals surface area contributed by atoms with E-state index in [2.05, 4.69) is 12.2 Å². The highest BCUT2D eigenvalue weighted by molar-refractivity contribution is 5.96. The molecule has 1 aromatic rings. The number of nitrogens with zero attached hydrogens (tertiary/aromatic N) is 1. The van der Waals surface area contributed by atoms with Crippen LogP contribution in [0.2, 0.25) is 0 Å². The van der Waals surface area contributed by atoms with Gasteiger partial charge in [-0.25, -0.2) is 0 Å². The fourth-order valence-corrected chi connectivity index (χ4v) is 1.93. The Bertz CT molecular complexity index is 494. The molecular weight excluding hydrogens is 294 g/mol. The Kier molecular flexibility index (Phi) is 8.57. The zero-order chi connectivity index (χ0) is 15.1. The van der Waals surface area contributed by atoms with Crippen LogP contribution >= 0.6 is 12.4 Å². The number of hydrogen-bond donors (Lipinski definition) is 2. The topological polar surface area (TPSA) is 98.3 Å². The SMILES string of the molecule is CCCCC(CN)NC(=O)c1cc([N+](=O)[O-])ccc1C.Cl. The second-order valence-corrected chi connectivity index (χ2v) is 4.80. The smallest absolute Gasteiger partial charge is 0.270 e. The van der Waals surface area contributed by atoms with Gasteiger partial charge in [-0.05, 0) is 18.9 Å². The number of carbonyl (C=O) groups excluding carboxylic acids is 1. The molecule has 1 atom stereocenters. The van der Waals surface area contributed by atoms with Gasteiger partial charge in [-0.1, -0.05) is 25.8 Å². The largest absolute Gasteiger partial charge is 0.348 e. The van der Waals surface area contributed by atoms with Gasteiger partial charge in [0.05, 0.1) is 4.92 Å². The summed E-state index contributed by atoms with van der Waals surface area (Å²) in [7, 11) is 0. The Labute approximate surface area is 130 Å². The van der Waals surface area contributed by atoms with E-state index >= 15 is 0 Å². The molecule has 0 saturated heterocycles. The third-order valence-electron chi connectivity index (χ3n) is 3.20. The first-order valence-corrected chi connectivity index (χ1v) is 6.75. The second kappa shape index (κ2) is 9.31. The molecule has 0 radical (unpaired) electrons. The molecule has 0 fully saturated rings. The Morgan fingerprint density at radius 2 is 2.14 bits per heavy atom. The first-order valence-electron chi connectivity index (χ1n) is 6.75. The summed E-state index contributed by atoms with van der Waals surface area (Å²) in [5, 5.41) is 13.6. The van der Waals surface area contributed by atoms with Gasteiger partial charge in [0.25, 0.3) is 11.6 Å². The highest BCUT2D eigenvalue weighted by atomic mass is 35.5. The van der Waals surface area contributed by atoms with E-state index in [-0.39, 0.29) is 30.0 Å². The molecule has 1 unspecified atom stereocenters. The number of hydrogen-bond acceptors (Lipinski definition) is 4. The van der Waals surface area contributed by atoms with Gasteiger partial charge in [-0.2, -0.15) is 0 Å². The van der Waals surface area contributed by atoms with Crippen LogP contribution in [-0.2, 0) is 0 Å². The van der Waals surface area contributed by atoms with Crippen LogP contribution in [0.15, 0.2) is 18.2 Å². The van der Waals surface area contributed by atoms with Crippen LogP contribution in [0.25, 0.3) is 0 Å². The molecule has 6 nitrogen and oxygen atoms in total. The van der Waals surface area contributed by atoms with Gasteiger partial charge >= 0.3 is 0 Å². The predicted molar refractivity (Wildman–Crippen MR) is 84.9 cm³/mol. The molecular formula is C14H22ClN3O3. The fourth-order valence-electron chi connectivity index (χ4n) is 1.93. The lowest BCUT2D eigenvalue weighted by atomic mass is 10.1. The maximum atomic E-state index is 12.2. The van der Waals surface area contributed by atoms with Crippen molar-refractivity contribution in [2.24, 2.45) is 5.73 Å². The van der Waals surface area contributed by atoms with E-state index in [1.54, 1.807) is 13.0 Å². The molecule has 1 aromatic carbocycles. The second-order valence-electron chi connectivity index (χ2n) is 4.80. The number of nitrogens with two attached hydrogens (primary N) is 1. The fraction of sp³-hybridized carbons (Fsp3) is 0.500. The minimum atomic E-state index is -0.506. The van der Waals surface area contributed by atoms with Crippen molar-refractivity contribution in [3.63, 3.8) is 0 Å². The van der Waals surface area contributed by atoms with Crippen LogP contribution in [0.3, 0.4) is 0 Å². The Balaban J connectivity index is 0.00000400. The van der Waals surface area contributed by atoms with Crippen LogP contribution in [0.4, 0.5) is 5.69 Å². The first-order chi connectivity index (χ1) is 9.49. The average Bonchev–Trinajstić information content (AvgIpc) is 2.43. The van der Waals surface area contributed by atoms with Crippen molar-refractivity contribution in [3.8, 4) is 0 Å². The summed E-state index contributed by atoms with van der Waals surface area (Å²) in [5.41, 5.74) is 6.58. The summed E-state index contributed by atoms with van der Waals surface area (Å²) in [6.07, 6.45) is 2.82. The summed E-state index contributed by atoms with van der Waals surface area (Å²) >= 11 is 0. The monoisotopic (exact) mass is 315 g/mol. The number of nitrogens with one attached hydrogen (secondary N) is 1. The van der Waals surface area contributed by atoms with Gasteiger partial charge in [0.2, 0.25) is 0 Å². The number of nitro benzene ring substituents is 1. The number of non-ortho nitro benzene ring substituents is 1. The zero-order valence-corrected chi connectivity index (χ0v) is 13.1. The van der Waals surface area contributed by atoms with E-state index in [0.717, 1.165) is 19.3 Å². The molecule has 0 aliphatic carbocycles. The van der Waals surface area contributed by atoms with Crippen LogP contribution in [0, 0.1) is 17.0 Å². The summed E-state index contributed by atoms with van der Waals surface area (Å²) in [6.45, 7) is 4.18. The number of halogens is 1. The van der Waals surface area contributed by atoms with E-state index in [0.29, 0.717) is 17.7 Å². The van der Waals surface area contributed by atoms with Crippen LogP contribution in [-0.4, -0.2) is 23.4 Å². The molecule has 0 spiro atoms. The number of unbranched alkanes of at least 4 members (excludes halogenated alkanes) is 1. The number of nitro groups is 1. The zero-order valence-electron chi connectivity index (χ0n) is 12.3. The Morgan fingerprint density at radius 3 is 2.67 bits per heavy atom. The predicted octanol–water partition coefficient (Wildman–Crippen LogP) is 2.57. The van der Waals surface area contributed by atoms with Crippen molar-refractivity contribution in [2.45, 2.75) is 39.2 Å². The molecule has 1 rings (SSSR count). The van der Waals surface area contributed by atoms with Crippen molar-refractivity contribution in [3.05, 3.63) is 39.4 Å². The number of amides is 1. The minimum absolute atomic E-state index is 0. The summed E-state index contributed by atoms with van der Waals surface area (Å²) in [6, 6.07) is 4.18. The van der Waals surface area contributed by atoms with Crippen molar-refractivity contribution in [1.29, 1.82) is 0 Å². The highest BCUT2D eigenvalue weighted by Gasteiger charge is 2.17. The molecule has 21 heavy (non-hydrogen) atoms. The average molecular weight is 316 g/mol. The molecule has 3 N–H and O–H groups in total. The van der Waals surface area contributed by atoms with Gasteiger partial charge in [0.15, 0.2) is 0 Å². The number of rotatable bonds is 7. The van der Waals surface area contributed by atoms with E-state index in [4.69, 9.17) is 5.73 Å². The Hall–Kier alpha value is -1.66. The van der Waals surface area contributed by atoms with Crippen LogP contribution in [0.1, 0.15) is 42.1 Å². The number of aryl methyl sites for hydroxylation is 1. The summed E-state index contributed by atoms with van der Waals surface area (Å²) in [4.78, 5) is 22.4. The lowest BCUT2D eigenvalue weighted by Gasteiger charge is -2.17. The third-order valence-corrected chi connectivity index (χ3v) is 3.20. The lowest BCUT2D eigenvalue weighted by molar-refractivity contribution is -0.384. The summed E-state index contributed by atoms with van der Waals surface area (Å²) < 4.78 is 0. The van der Waals surface area contributed by atoms with Crippen molar-refractivity contribution < 1.29 is 9.72 Å². The molecule has 0 heterocycles. The molecule has 7 heteroatoms. The van der Waals surface area contributed by atoms with Gasteiger partial charge in [-0.15, -0.1) is 12.4 Å². The van der Waals surface area contributed by atoms with E-state index in [9.17, 15) is 14.9 Å². The molecule has 118 valence electrons.